The first-order chi connectivity index (χ1) is 13.0. The van der Waals surface area contributed by atoms with E-state index in [1.165, 1.54) is 11.3 Å². The molecular formula is C20H19NO4S2. The van der Waals surface area contributed by atoms with E-state index in [0.717, 1.165) is 15.3 Å². The highest BCUT2D eigenvalue weighted by Crippen LogP contribution is 2.42. The molecule has 2 heterocycles. The number of rotatable bonds is 6. The van der Waals surface area contributed by atoms with Crippen molar-refractivity contribution in [3.8, 4) is 16.2 Å². The van der Waals surface area contributed by atoms with Crippen molar-refractivity contribution in [2.75, 3.05) is 19.0 Å². The van der Waals surface area contributed by atoms with E-state index >= 15 is 0 Å². The molecule has 1 aromatic carbocycles. The summed E-state index contributed by atoms with van der Waals surface area (Å²) in [5, 5.41) is 5.31. The lowest BCUT2D eigenvalue weighted by molar-refractivity contribution is 0.0529. The number of carbonyl (C=O) groups is 2. The zero-order chi connectivity index (χ0) is 19.4. The Bertz CT molecular complexity index is 961. The number of carbonyl (C=O) groups excluding carboxylic acids is 2. The minimum absolute atomic E-state index is 0.265. The summed E-state index contributed by atoms with van der Waals surface area (Å²) < 4.78 is 10.4. The lowest BCUT2D eigenvalue weighted by Crippen LogP contribution is -2.14. The average molecular weight is 402 g/mol. The number of anilines is 1. The van der Waals surface area contributed by atoms with Crippen molar-refractivity contribution >= 4 is 39.6 Å². The molecule has 0 radical (unpaired) electrons. The Balaban J connectivity index is 2.00. The summed E-state index contributed by atoms with van der Waals surface area (Å²) in [4.78, 5) is 27.3. The third kappa shape index (κ3) is 4.04. The molecule has 0 bridgehead atoms. The molecule has 0 atom stereocenters. The number of hydrogen-bond acceptors (Lipinski definition) is 6. The minimum Gasteiger partial charge on any atom is -0.497 e. The SMILES string of the molecule is CCOC(=O)c1c(NC(=O)c2cccc(OC)c2)sc(C)c1-c1cccs1. The summed E-state index contributed by atoms with van der Waals surface area (Å²) in [6, 6.07) is 10.8. The predicted octanol–water partition coefficient (Wildman–Crippen LogP) is 5.22. The lowest BCUT2D eigenvalue weighted by Gasteiger charge is -2.09. The molecule has 1 N–H and O–H groups in total. The highest BCUT2D eigenvalue weighted by molar-refractivity contribution is 7.18. The van der Waals surface area contributed by atoms with Crippen molar-refractivity contribution in [3.05, 3.63) is 57.8 Å². The van der Waals surface area contributed by atoms with Crippen LogP contribution in [0, 0.1) is 6.92 Å². The molecule has 0 spiro atoms. The fourth-order valence-corrected chi connectivity index (χ4v) is 4.64. The number of hydrogen-bond donors (Lipinski definition) is 1. The molecule has 27 heavy (non-hydrogen) atoms. The summed E-state index contributed by atoms with van der Waals surface area (Å²) in [6.07, 6.45) is 0. The second-order valence-electron chi connectivity index (χ2n) is 5.62. The van der Waals surface area contributed by atoms with Gasteiger partial charge in [0.25, 0.3) is 5.91 Å². The minimum atomic E-state index is -0.439. The van der Waals surface area contributed by atoms with Gasteiger partial charge in [-0.15, -0.1) is 22.7 Å². The summed E-state index contributed by atoms with van der Waals surface area (Å²) in [5.74, 6) is -0.153. The zero-order valence-electron chi connectivity index (χ0n) is 15.2. The first-order valence-corrected chi connectivity index (χ1v) is 10.0. The standard InChI is InChI=1S/C20H19NO4S2/c1-4-25-20(23)17-16(15-9-6-10-26-15)12(2)27-19(17)21-18(22)13-7-5-8-14(11-13)24-3/h5-11H,4H2,1-3H3,(H,21,22). The van der Waals surface area contributed by atoms with Gasteiger partial charge in [-0.25, -0.2) is 4.79 Å². The Kier molecular flexibility index (Phi) is 5.93. The van der Waals surface area contributed by atoms with Crippen molar-refractivity contribution in [1.29, 1.82) is 0 Å². The number of amides is 1. The number of thiophene rings is 2. The van der Waals surface area contributed by atoms with Gasteiger partial charge in [-0.1, -0.05) is 12.1 Å². The number of esters is 1. The molecule has 5 nitrogen and oxygen atoms in total. The predicted molar refractivity (Wildman–Crippen MR) is 109 cm³/mol. The summed E-state index contributed by atoms with van der Waals surface area (Å²) in [6.45, 7) is 3.96. The number of ether oxygens (including phenoxy) is 2. The molecule has 0 aliphatic rings. The van der Waals surface area contributed by atoms with Crippen LogP contribution in [0.25, 0.3) is 10.4 Å². The van der Waals surface area contributed by atoms with Crippen LogP contribution in [0.4, 0.5) is 5.00 Å². The van der Waals surface area contributed by atoms with Gasteiger partial charge in [0.2, 0.25) is 0 Å². The topological polar surface area (TPSA) is 64.6 Å². The van der Waals surface area contributed by atoms with E-state index in [9.17, 15) is 9.59 Å². The van der Waals surface area contributed by atoms with Crippen LogP contribution >= 0.6 is 22.7 Å². The van der Waals surface area contributed by atoms with E-state index in [1.807, 2.05) is 24.4 Å². The molecule has 140 valence electrons. The molecule has 7 heteroatoms. The van der Waals surface area contributed by atoms with Crippen molar-refractivity contribution in [3.63, 3.8) is 0 Å². The molecule has 3 rings (SSSR count). The van der Waals surface area contributed by atoms with Crippen LogP contribution in [0.3, 0.4) is 0 Å². The second-order valence-corrected chi connectivity index (χ2v) is 7.79. The van der Waals surface area contributed by atoms with E-state index in [4.69, 9.17) is 9.47 Å². The van der Waals surface area contributed by atoms with Gasteiger partial charge >= 0.3 is 5.97 Å². The van der Waals surface area contributed by atoms with Crippen LogP contribution in [0.5, 0.6) is 5.75 Å². The van der Waals surface area contributed by atoms with E-state index < -0.39 is 5.97 Å². The van der Waals surface area contributed by atoms with Crippen LogP contribution in [-0.2, 0) is 4.74 Å². The second kappa shape index (κ2) is 8.37. The molecule has 0 fully saturated rings. The van der Waals surface area contributed by atoms with Crippen LogP contribution in [0.2, 0.25) is 0 Å². The van der Waals surface area contributed by atoms with Gasteiger partial charge in [0, 0.05) is 20.9 Å². The highest BCUT2D eigenvalue weighted by Gasteiger charge is 2.26. The van der Waals surface area contributed by atoms with Gasteiger partial charge in [-0.3, -0.25) is 4.79 Å². The first-order valence-electron chi connectivity index (χ1n) is 8.35. The number of nitrogens with one attached hydrogen (secondary N) is 1. The van der Waals surface area contributed by atoms with Crippen molar-refractivity contribution in [1.82, 2.24) is 0 Å². The van der Waals surface area contributed by atoms with Crippen LogP contribution in [0.15, 0.2) is 41.8 Å². The quantitative estimate of drug-likeness (QED) is 0.575. The molecule has 0 saturated heterocycles. The first kappa shape index (κ1) is 19.1. The summed E-state index contributed by atoms with van der Waals surface area (Å²) in [7, 11) is 1.55. The van der Waals surface area contributed by atoms with Crippen LogP contribution < -0.4 is 10.1 Å². The van der Waals surface area contributed by atoms with Gasteiger partial charge in [0.05, 0.1) is 13.7 Å². The van der Waals surface area contributed by atoms with Crippen molar-refractivity contribution in [2.45, 2.75) is 13.8 Å². The molecular weight excluding hydrogens is 382 g/mol. The Hall–Kier alpha value is -2.64. The molecule has 0 unspecified atom stereocenters. The van der Waals surface area contributed by atoms with Crippen molar-refractivity contribution < 1.29 is 19.1 Å². The molecule has 0 aliphatic carbocycles. The molecule has 2 aromatic heterocycles. The van der Waals surface area contributed by atoms with E-state index in [0.29, 0.717) is 21.9 Å². The Morgan fingerprint density at radius 3 is 2.67 bits per heavy atom. The zero-order valence-corrected chi connectivity index (χ0v) is 16.8. The third-order valence-corrected chi connectivity index (χ3v) is 5.80. The Labute approximate surface area is 165 Å². The maximum absolute atomic E-state index is 12.7. The normalized spacial score (nSPS) is 10.5. The van der Waals surface area contributed by atoms with Gasteiger partial charge in [0.1, 0.15) is 16.3 Å². The van der Waals surface area contributed by atoms with E-state index in [1.54, 1.807) is 49.6 Å². The number of benzene rings is 1. The summed E-state index contributed by atoms with van der Waals surface area (Å²) >= 11 is 2.91. The molecule has 1 amide bonds. The fraction of sp³-hybridized carbons (Fsp3) is 0.200. The van der Waals surface area contributed by atoms with Gasteiger partial charge in [0.15, 0.2) is 0 Å². The Morgan fingerprint density at radius 1 is 1.19 bits per heavy atom. The molecule has 0 aliphatic heterocycles. The highest BCUT2D eigenvalue weighted by atomic mass is 32.1. The van der Waals surface area contributed by atoms with Crippen molar-refractivity contribution in [2.24, 2.45) is 0 Å². The number of aryl methyl sites for hydroxylation is 1. The van der Waals surface area contributed by atoms with Gasteiger partial charge < -0.3 is 14.8 Å². The fourth-order valence-electron chi connectivity index (χ4n) is 2.69. The monoisotopic (exact) mass is 401 g/mol. The average Bonchev–Trinajstić information content (AvgIpc) is 3.29. The molecule has 0 saturated carbocycles. The maximum atomic E-state index is 12.7. The maximum Gasteiger partial charge on any atom is 0.341 e. The largest absolute Gasteiger partial charge is 0.497 e. The third-order valence-electron chi connectivity index (χ3n) is 3.89. The summed E-state index contributed by atoms with van der Waals surface area (Å²) in [5.41, 5.74) is 1.67. The van der Waals surface area contributed by atoms with Crippen LogP contribution in [0.1, 0.15) is 32.5 Å². The molecule has 3 aromatic rings. The van der Waals surface area contributed by atoms with E-state index in [2.05, 4.69) is 5.32 Å². The van der Waals surface area contributed by atoms with E-state index in [-0.39, 0.29) is 12.5 Å². The smallest absolute Gasteiger partial charge is 0.341 e. The lowest BCUT2D eigenvalue weighted by atomic mass is 10.1. The van der Waals surface area contributed by atoms with Gasteiger partial charge in [-0.2, -0.15) is 0 Å². The van der Waals surface area contributed by atoms with Gasteiger partial charge in [-0.05, 0) is 43.5 Å². The number of methoxy groups -OCH3 is 1. The van der Waals surface area contributed by atoms with Crippen LogP contribution in [-0.4, -0.2) is 25.6 Å². The Morgan fingerprint density at radius 2 is 2.00 bits per heavy atom.